The van der Waals surface area contributed by atoms with Gasteiger partial charge in [0.1, 0.15) is 23.1 Å². The largest absolute Gasteiger partial charge is 0.492 e. The summed E-state index contributed by atoms with van der Waals surface area (Å²) in [5, 5.41) is 4.41. The number of nitrogens with one attached hydrogen (secondary N) is 1. The summed E-state index contributed by atoms with van der Waals surface area (Å²) in [6, 6.07) is 7.41. The fourth-order valence-electron chi connectivity index (χ4n) is 2.02. The Morgan fingerprint density at radius 2 is 1.96 bits per heavy atom. The van der Waals surface area contributed by atoms with Gasteiger partial charge in [0.05, 0.1) is 19.3 Å². The van der Waals surface area contributed by atoms with Crippen molar-refractivity contribution in [2.45, 2.75) is 0 Å². The Morgan fingerprint density at radius 3 is 2.64 bits per heavy atom. The van der Waals surface area contributed by atoms with Crippen LogP contribution in [0.25, 0.3) is 0 Å². The lowest BCUT2D eigenvalue weighted by Crippen LogP contribution is -2.33. The Balaban J connectivity index is 1.75. The molecule has 0 aliphatic heterocycles. The number of rotatable bonds is 8. The minimum absolute atomic E-state index is 0.142. The van der Waals surface area contributed by atoms with Crippen LogP contribution in [0.3, 0.4) is 0 Å². The summed E-state index contributed by atoms with van der Waals surface area (Å²) in [7, 11) is 3.07. The molecule has 0 saturated carbocycles. The molecule has 0 spiro atoms. The van der Waals surface area contributed by atoms with Crippen LogP contribution >= 0.6 is 11.3 Å². The molecule has 0 fully saturated rings. The van der Waals surface area contributed by atoms with Crippen LogP contribution in [-0.2, 0) is 9.53 Å². The van der Waals surface area contributed by atoms with Crippen LogP contribution in [0.1, 0.15) is 9.67 Å². The van der Waals surface area contributed by atoms with Gasteiger partial charge in [-0.15, -0.1) is 11.3 Å². The first-order valence-corrected chi connectivity index (χ1v) is 8.40. The summed E-state index contributed by atoms with van der Waals surface area (Å²) in [5.74, 6) is -0.472. The van der Waals surface area contributed by atoms with Crippen molar-refractivity contribution < 1.29 is 23.5 Å². The molecule has 0 aliphatic carbocycles. The van der Waals surface area contributed by atoms with Crippen LogP contribution in [0.2, 0.25) is 0 Å². The number of anilines is 1. The number of esters is 1. The van der Waals surface area contributed by atoms with Gasteiger partial charge < -0.3 is 14.8 Å². The second kappa shape index (κ2) is 9.14. The van der Waals surface area contributed by atoms with Gasteiger partial charge in [0.2, 0.25) is 5.91 Å². The highest BCUT2D eigenvalue weighted by Gasteiger charge is 2.16. The number of thiophene rings is 1. The number of amides is 1. The van der Waals surface area contributed by atoms with Gasteiger partial charge in [0.25, 0.3) is 0 Å². The average molecular weight is 366 g/mol. The van der Waals surface area contributed by atoms with Gasteiger partial charge in [0, 0.05) is 6.54 Å². The van der Waals surface area contributed by atoms with E-state index in [0.717, 1.165) is 0 Å². The van der Waals surface area contributed by atoms with Crippen LogP contribution < -0.4 is 10.1 Å². The second-order valence-electron chi connectivity index (χ2n) is 5.24. The summed E-state index contributed by atoms with van der Waals surface area (Å²) >= 11 is 1.21. The van der Waals surface area contributed by atoms with E-state index < -0.39 is 5.97 Å². The predicted octanol–water partition coefficient (Wildman–Crippen LogP) is 2.62. The number of hydrogen-bond acceptors (Lipinski definition) is 6. The number of nitrogens with zero attached hydrogens (tertiary/aromatic N) is 1. The van der Waals surface area contributed by atoms with Crippen molar-refractivity contribution in [2.75, 3.05) is 39.2 Å². The number of likely N-dealkylation sites (N-methyl/N-ethyl adjacent to an activating group) is 1. The standard InChI is InChI=1S/C17H19FN2O4S/c1-20(8-9-24-13-5-3-12(18)4-6-13)11-15(21)19-14-7-10-25-16(14)17(22)23-2/h3-7,10H,8-9,11H2,1-2H3,(H,19,21). The first-order valence-electron chi connectivity index (χ1n) is 7.52. The number of benzene rings is 1. The molecule has 2 rings (SSSR count). The molecule has 0 atom stereocenters. The van der Waals surface area contributed by atoms with Crippen molar-refractivity contribution in [2.24, 2.45) is 0 Å². The predicted molar refractivity (Wildman–Crippen MR) is 93.7 cm³/mol. The van der Waals surface area contributed by atoms with Crippen LogP contribution in [0, 0.1) is 5.82 Å². The molecular formula is C17H19FN2O4S. The fourth-order valence-corrected chi connectivity index (χ4v) is 2.79. The van der Waals surface area contributed by atoms with Crippen molar-refractivity contribution in [3.63, 3.8) is 0 Å². The van der Waals surface area contributed by atoms with Crippen LogP contribution in [0.15, 0.2) is 35.7 Å². The zero-order valence-electron chi connectivity index (χ0n) is 14.0. The van der Waals surface area contributed by atoms with Crippen molar-refractivity contribution in [3.05, 3.63) is 46.4 Å². The highest BCUT2D eigenvalue weighted by atomic mass is 32.1. The second-order valence-corrected chi connectivity index (χ2v) is 6.16. The summed E-state index contributed by atoms with van der Waals surface area (Å²) < 4.78 is 23.0. The summed E-state index contributed by atoms with van der Waals surface area (Å²) in [6.07, 6.45) is 0. The van der Waals surface area contributed by atoms with E-state index in [1.165, 1.54) is 30.6 Å². The molecule has 1 heterocycles. The van der Waals surface area contributed by atoms with E-state index in [2.05, 4.69) is 10.1 Å². The number of halogens is 1. The molecule has 134 valence electrons. The zero-order valence-corrected chi connectivity index (χ0v) is 14.8. The summed E-state index contributed by atoms with van der Waals surface area (Å²) in [6.45, 7) is 1.02. The average Bonchev–Trinajstić information content (AvgIpc) is 3.03. The van der Waals surface area contributed by atoms with Crippen LogP contribution in [-0.4, -0.2) is 50.6 Å². The summed E-state index contributed by atoms with van der Waals surface area (Å²) in [4.78, 5) is 25.8. The lowest BCUT2D eigenvalue weighted by molar-refractivity contribution is -0.117. The molecule has 0 bridgehead atoms. The Bertz CT molecular complexity index is 718. The number of carbonyl (C=O) groups is 2. The highest BCUT2D eigenvalue weighted by Crippen LogP contribution is 2.23. The minimum Gasteiger partial charge on any atom is -0.492 e. The maximum Gasteiger partial charge on any atom is 0.350 e. The molecule has 1 amide bonds. The van der Waals surface area contributed by atoms with Crippen molar-refractivity contribution in [3.8, 4) is 5.75 Å². The van der Waals surface area contributed by atoms with E-state index >= 15 is 0 Å². The van der Waals surface area contributed by atoms with E-state index in [1.807, 2.05) is 0 Å². The third kappa shape index (κ3) is 5.84. The Kier molecular flexibility index (Phi) is 6.91. The van der Waals surface area contributed by atoms with Crippen LogP contribution in [0.4, 0.5) is 10.1 Å². The van der Waals surface area contributed by atoms with Gasteiger partial charge >= 0.3 is 5.97 Å². The molecule has 1 aromatic carbocycles. The maximum atomic E-state index is 12.8. The minimum atomic E-state index is -0.480. The molecular weight excluding hydrogens is 347 g/mol. The van der Waals surface area contributed by atoms with Crippen molar-refractivity contribution in [1.29, 1.82) is 0 Å². The fraction of sp³-hybridized carbons (Fsp3) is 0.294. The first-order chi connectivity index (χ1) is 12.0. The quantitative estimate of drug-likeness (QED) is 0.728. The van der Waals surface area contributed by atoms with Gasteiger partial charge in [-0.25, -0.2) is 9.18 Å². The Labute approximate surface area is 149 Å². The Hall–Kier alpha value is -2.45. The lowest BCUT2D eigenvalue weighted by Gasteiger charge is -2.16. The molecule has 8 heteroatoms. The van der Waals surface area contributed by atoms with Gasteiger partial charge in [-0.1, -0.05) is 0 Å². The number of carbonyl (C=O) groups excluding carboxylic acids is 2. The monoisotopic (exact) mass is 366 g/mol. The maximum absolute atomic E-state index is 12.8. The number of ether oxygens (including phenoxy) is 2. The topological polar surface area (TPSA) is 67.9 Å². The molecule has 0 aliphatic rings. The molecule has 2 aromatic rings. The lowest BCUT2D eigenvalue weighted by atomic mass is 10.3. The third-order valence-corrected chi connectivity index (χ3v) is 4.17. The van der Waals surface area contributed by atoms with Crippen molar-refractivity contribution in [1.82, 2.24) is 4.90 Å². The molecule has 0 radical (unpaired) electrons. The van der Waals surface area contributed by atoms with Gasteiger partial charge in [-0.05, 0) is 42.8 Å². The Morgan fingerprint density at radius 1 is 1.24 bits per heavy atom. The third-order valence-electron chi connectivity index (χ3n) is 3.28. The van der Waals surface area contributed by atoms with E-state index in [-0.39, 0.29) is 18.3 Å². The van der Waals surface area contributed by atoms with E-state index in [0.29, 0.717) is 29.5 Å². The van der Waals surface area contributed by atoms with Crippen molar-refractivity contribution >= 4 is 28.9 Å². The van der Waals surface area contributed by atoms with Gasteiger partial charge in [-0.3, -0.25) is 9.69 Å². The molecule has 0 saturated heterocycles. The first kappa shape index (κ1) is 18.9. The molecule has 6 nitrogen and oxygen atoms in total. The van der Waals surface area contributed by atoms with E-state index in [9.17, 15) is 14.0 Å². The van der Waals surface area contributed by atoms with Gasteiger partial charge in [0.15, 0.2) is 0 Å². The van der Waals surface area contributed by atoms with Gasteiger partial charge in [-0.2, -0.15) is 0 Å². The normalized spacial score (nSPS) is 10.6. The SMILES string of the molecule is COC(=O)c1sccc1NC(=O)CN(C)CCOc1ccc(F)cc1. The molecule has 25 heavy (non-hydrogen) atoms. The molecule has 0 unspecified atom stereocenters. The number of methoxy groups -OCH3 is 1. The highest BCUT2D eigenvalue weighted by molar-refractivity contribution is 7.12. The van der Waals surface area contributed by atoms with E-state index in [4.69, 9.17) is 4.74 Å². The number of hydrogen-bond donors (Lipinski definition) is 1. The van der Waals surface area contributed by atoms with E-state index in [1.54, 1.807) is 35.5 Å². The zero-order chi connectivity index (χ0) is 18.2. The molecule has 1 N–H and O–H groups in total. The summed E-state index contributed by atoms with van der Waals surface area (Å²) in [5.41, 5.74) is 0.442. The smallest absolute Gasteiger partial charge is 0.350 e. The molecule has 1 aromatic heterocycles. The van der Waals surface area contributed by atoms with Crippen LogP contribution in [0.5, 0.6) is 5.75 Å².